The Morgan fingerprint density at radius 2 is 1.82 bits per heavy atom. The Labute approximate surface area is 126 Å². The fraction of sp³-hybridized carbons (Fsp3) is 0.0588. The highest BCUT2D eigenvalue weighted by atomic mass is 16.5. The molecule has 0 spiro atoms. The lowest BCUT2D eigenvalue weighted by molar-refractivity contribution is 0.0698. The number of methoxy groups -OCH3 is 1. The lowest BCUT2D eigenvalue weighted by Crippen LogP contribution is -1.98. The van der Waals surface area contributed by atoms with E-state index < -0.39 is 5.97 Å². The number of carboxylic acid groups (broad SMARTS) is 1. The zero-order chi connectivity index (χ0) is 15.7. The van der Waals surface area contributed by atoms with Gasteiger partial charge >= 0.3 is 17.3 Å². The van der Waals surface area contributed by atoms with E-state index in [2.05, 4.69) is 0 Å². The van der Waals surface area contributed by atoms with E-state index in [0.29, 0.717) is 28.0 Å². The summed E-state index contributed by atoms with van der Waals surface area (Å²) in [5.74, 6) is 0.0551. The zero-order valence-corrected chi connectivity index (χ0v) is 11.7. The molecule has 5 heteroatoms. The van der Waals surface area contributed by atoms with Crippen LogP contribution in [0, 0.1) is 0 Å². The van der Waals surface area contributed by atoms with Crippen LogP contribution in [0.25, 0.3) is 22.3 Å². The summed E-state index contributed by atoms with van der Waals surface area (Å²) in [5, 5.41) is 19.4. The van der Waals surface area contributed by atoms with Crippen LogP contribution in [0.3, 0.4) is 0 Å². The van der Waals surface area contributed by atoms with Crippen molar-refractivity contribution in [1.29, 1.82) is 0 Å². The molecule has 2 aromatic carbocycles. The maximum absolute atomic E-state index is 11.5. The first-order valence-corrected chi connectivity index (χ1v) is 6.56. The van der Waals surface area contributed by atoms with Crippen molar-refractivity contribution in [3.63, 3.8) is 0 Å². The minimum atomic E-state index is -1.05. The van der Waals surface area contributed by atoms with Crippen LogP contribution in [-0.4, -0.2) is 23.3 Å². The summed E-state index contributed by atoms with van der Waals surface area (Å²) in [6.07, 6.45) is 0. The van der Waals surface area contributed by atoms with Crippen LogP contribution >= 0.6 is 0 Å². The van der Waals surface area contributed by atoms with Crippen LogP contribution < -0.4 is 4.74 Å². The predicted molar refractivity (Wildman–Crippen MR) is 81.2 cm³/mol. The van der Waals surface area contributed by atoms with Crippen LogP contribution in [0.1, 0.15) is 10.4 Å². The van der Waals surface area contributed by atoms with Crippen molar-refractivity contribution in [3.8, 4) is 22.8 Å². The fourth-order valence-corrected chi connectivity index (χ4v) is 2.25. The molecule has 0 aliphatic carbocycles. The first-order valence-electron chi connectivity index (χ1n) is 6.56. The van der Waals surface area contributed by atoms with Gasteiger partial charge in [-0.1, -0.05) is 0 Å². The van der Waals surface area contributed by atoms with Crippen LogP contribution in [0.15, 0.2) is 52.9 Å². The molecule has 5 nitrogen and oxygen atoms in total. The zero-order valence-electron chi connectivity index (χ0n) is 11.7. The van der Waals surface area contributed by atoms with Crippen LogP contribution in [-0.2, 0) is 0 Å². The molecule has 0 aliphatic rings. The minimum absolute atomic E-state index is 0.0134. The van der Waals surface area contributed by atoms with Gasteiger partial charge in [0, 0.05) is 0 Å². The highest BCUT2D eigenvalue weighted by molar-refractivity contribution is 6.03. The maximum Gasteiger partial charge on any atom is 0.365 e. The smallest absolute Gasteiger partial charge is 0.365 e. The van der Waals surface area contributed by atoms with Crippen molar-refractivity contribution in [1.82, 2.24) is 0 Å². The molecule has 1 heterocycles. The van der Waals surface area contributed by atoms with Crippen LogP contribution in [0.4, 0.5) is 0 Å². The van der Waals surface area contributed by atoms with E-state index in [1.54, 1.807) is 31.4 Å². The molecule has 3 rings (SSSR count). The summed E-state index contributed by atoms with van der Waals surface area (Å²) in [6, 6.07) is 12.9. The third-order valence-corrected chi connectivity index (χ3v) is 3.36. The lowest BCUT2D eigenvalue weighted by Gasteiger charge is -2.00. The van der Waals surface area contributed by atoms with Gasteiger partial charge in [0.2, 0.25) is 0 Å². The van der Waals surface area contributed by atoms with Gasteiger partial charge in [-0.2, -0.15) is 0 Å². The summed E-state index contributed by atoms with van der Waals surface area (Å²) < 4.78 is 10.8. The van der Waals surface area contributed by atoms with Crippen molar-refractivity contribution in [3.05, 3.63) is 54.1 Å². The molecule has 0 radical (unpaired) electrons. The summed E-state index contributed by atoms with van der Waals surface area (Å²) in [5.41, 5.74) is 1.14. The number of carbonyl (C=O) groups is 1. The maximum atomic E-state index is 11.5. The Bertz CT molecular complexity index is 853. The largest absolute Gasteiger partial charge is 0.508 e. The van der Waals surface area contributed by atoms with Gasteiger partial charge in [-0.3, -0.25) is 0 Å². The number of fused-ring (bicyclic) bond motifs is 1. The molecule has 0 atom stereocenters. The highest BCUT2D eigenvalue weighted by Crippen LogP contribution is 2.30. The van der Waals surface area contributed by atoms with Crippen molar-refractivity contribution in [2.24, 2.45) is 0 Å². The second kappa shape index (κ2) is 5.37. The molecule has 0 unspecified atom stereocenters. The standard InChI is InChI=1S/C17H12O5/c1-21-12-5-2-10(3-6-12)15-9-14(17(19)20)13-7-4-11(18)8-16(13)22-15/h2-9H,1H3,(H-,18,19,20)/p+1. The normalized spacial score (nSPS) is 10.6. The summed E-state index contributed by atoms with van der Waals surface area (Å²) in [6.45, 7) is 0. The molecule has 110 valence electrons. The molecule has 2 N–H and O–H groups in total. The van der Waals surface area contributed by atoms with Gasteiger partial charge in [0.05, 0.1) is 35.8 Å². The fourth-order valence-electron chi connectivity index (χ4n) is 2.25. The Balaban J connectivity index is 2.22. The molecule has 0 fully saturated rings. The SMILES string of the molecule is COc1ccc(-c2cc(C(=O)O)c3ccc(O)cc3[o+]2)cc1. The van der Waals surface area contributed by atoms with Gasteiger partial charge in [-0.05, 0) is 36.4 Å². The topological polar surface area (TPSA) is 78.1 Å². The summed E-state index contributed by atoms with van der Waals surface area (Å²) in [7, 11) is 1.57. The number of hydrogen-bond donors (Lipinski definition) is 2. The van der Waals surface area contributed by atoms with E-state index >= 15 is 0 Å². The highest BCUT2D eigenvalue weighted by Gasteiger charge is 2.22. The van der Waals surface area contributed by atoms with Gasteiger partial charge in [0.1, 0.15) is 11.5 Å². The van der Waals surface area contributed by atoms with E-state index in [4.69, 9.17) is 9.15 Å². The number of phenolic OH excluding ortho intramolecular Hbond substituents is 1. The molecule has 0 amide bonds. The van der Waals surface area contributed by atoms with Gasteiger partial charge < -0.3 is 14.9 Å². The number of aromatic hydroxyl groups is 1. The molecule has 0 aliphatic heterocycles. The van der Waals surface area contributed by atoms with Crippen molar-refractivity contribution < 1.29 is 24.2 Å². The Morgan fingerprint density at radius 1 is 1.09 bits per heavy atom. The van der Waals surface area contributed by atoms with Crippen LogP contribution in [0.2, 0.25) is 0 Å². The minimum Gasteiger partial charge on any atom is -0.508 e. The lowest BCUT2D eigenvalue weighted by atomic mass is 10.1. The van der Waals surface area contributed by atoms with Gasteiger partial charge in [-0.25, -0.2) is 9.21 Å². The molecule has 22 heavy (non-hydrogen) atoms. The van der Waals surface area contributed by atoms with Gasteiger partial charge in [-0.15, -0.1) is 0 Å². The summed E-state index contributed by atoms with van der Waals surface area (Å²) >= 11 is 0. The molecule has 0 saturated carbocycles. The average molecular weight is 297 g/mol. The second-order valence-electron chi connectivity index (χ2n) is 4.74. The van der Waals surface area contributed by atoms with E-state index in [-0.39, 0.29) is 11.3 Å². The number of hydrogen-bond acceptors (Lipinski definition) is 3. The Hall–Kier alpha value is -3.08. The number of phenols is 1. The number of aromatic carboxylic acids is 1. The quantitative estimate of drug-likeness (QED) is 0.719. The average Bonchev–Trinajstić information content (AvgIpc) is 2.53. The predicted octanol–water partition coefficient (Wildman–Crippen LogP) is 3.79. The van der Waals surface area contributed by atoms with E-state index in [0.717, 1.165) is 0 Å². The van der Waals surface area contributed by atoms with Gasteiger partial charge in [0.15, 0.2) is 0 Å². The second-order valence-corrected chi connectivity index (χ2v) is 4.74. The third-order valence-electron chi connectivity index (χ3n) is 3.36. The number of rotatable bonds is 3. The number of carboxylic acids is 1. The van der Waals surface area contributed by atoms with Crippen molar-refractivity contribution in [2.45, 2.75) is 0 Å². The monoisotopic (exact) mass is 297 g/mol. The van der Waals surface area contributed by atoms with Crippen molar-refractivity contribution in [2.75, 3.05) is 7.11 Å². The molecule has 1 aromatic heterocycles. The van der Waals surface area contributed by atoms with Crippen LogP contribution in [0.5, 0.6) is 11.5 Å². The third kappa shape index (κ3) is 2.44. The molecule has 0 saturated heterocycles. The first-order chi connectivity index (χ1) is 10.6. The number of ether oxygens (including phenoxy) is 1. The van der Waals surface area contributed by atoms with E-state index in [1.165, 1.54) is 24.3 Å². The number of benzene rings is 2. The van der Waals surface area contributed by atoms with E-state index in [1.807, 2.05) is 0 Å². The van der Waals surface area contributed by atoms with Crippen molar-refractivity contribution >= 4 is 16.9 Å². The Morgan fingerprint density at radius 3 is 2.45 bits per heavy atom. The summed E-state index contributed by atoms with van der Waals surface area (Å²) in [4.78, 5) is 11.5. The molecular weight excluding hydrogens is 284 g/mol. The molecule has 0 bridgehead atoms. The Kier molecular flexibility index (Phi) is 3.39. The van der Waals surface area contributed by atoms with Gasteiger partial charge in [0.25, 0.3) is 0 Å². The molecule has 3 aromatic rings. The molecular formula is C17H13O5+. The van der Waals surface area contributed by atoms with E-state index in [9.17, 15) is 15.0 Å². The first kappa shape index (κ1) is 13.9.